The van der Waals surface area contributed by atoms with Gasteiger partial charge in [-0.2, -0.15) is 0 Å². The maximum atomic E-state index is 14.3. The second-order valence-electron chi connectivity index (χ2n) is 7.01. The minimum atomic E-state index is -0.750. The number of carbonyl (C=O) groups excluding carboxylic acids is 2. The SMILES string of the molecule is Cc1ccc(CC(=O)CC2C(=O)NC[C@H]2c2c(F)cc(C)cc2F)cc1. The number of nitrogens with one attached hydrogen (secondary N) is 1. The van der Waals surface area contributed by atoms with Gasteiger partial charge in [0.1, 0.15) is 17.4 Å². The molecule has 1 unspecified atom stereocenters. The van der Waals surface area contributed by atoms with Gasteiger partial charge in [-0.3, -0.25) is 9.59 Å². The van der Waals surface area contributed by atoms with E-state index in [1.807, 2.05) is 31.2 Å². The van der Waals surface area contributed by atoms with Crippen LogP contribution in [0.1, 0.15) is 34.6 Å². The highest BCUT2D eigenvalue weighted by atomic mass is 19.1. The minimum Gasteiger partial charge on any atom is -0.355 e. The first-order valence-electron chi connectivity index (χ1n) is 8.65. The molecule has 26 heavy (non-hydrogen) atoms. The summed E-state index contributed by atoms with van der Waals surface area (Å²) in [4.78, 5) is 24.6. The van der Waals surface area contributed by atoms with Crippen molar-refractivity contribution in [3.63, 3.8) is 0 Å². The summed E-state index contributed by atoms with van der Waals surface area (Å²) < 4.78 is 28.6. The molecule has 0 spiro atoms. The number of Topliss-reactive ketones (excluding diaryl/α,β-unsaturated/α-hetero) is 1. The smallest absolute Gasteiger partial charge is 0.224 e. The van der Waals surface area contributed by atoms with Gasteiger partial charge in [-0.05, 0) is 37.1 Å². The first-order chi connectivity index (χ1) is 12.3. The summed E-state index contributed by atoms with van der Waals surface area (Å²) >= 11 is 0. The summed E-state index contributed by atoms with van der Waals surface area (Å²) in [5.41, 5.74) is 2.33. The Hall–Kier alpha value is -2.56. The van der Waals surface area contributed by atoms with Crippen LogP contribution < -0.4 is 5.32 Å². The number of amides is 1. The molecule has 3 nitrogen and oxygen atoms in total. The summed E-state index contributed by atoms with van der Waals surface area (Å²) in [6, 6.07) is 10.1. The van der Waals surface area contributed by atoms with Crippen LogP contribution in [0.4, 0.5) is 8.78 Å². The maximum Gasteiger partial charge on any atom is 0.224 e. The number of hydrogen-bond donors (Lipinski definition) is 1. The van der Waals surface area contributed by atoms with Crippen LogP contribution in [0.3, 0.4) is 0 Å². The van der Waals surface area contributed by atoms with E-state index in [4.69, 9.17) is 0 Å². The highest BCUT2D eigenvalue weighted by molar-refractivity contribution is 5.90. The summed E-state index contributed by atoms with van der Waals surface area (Å²) in [5, 5.41) is 2.64. The molecule has 136 valence electrons. The van der Waals surface area contributed by atoms with Crippen molar-refractivity contribution in [2.75, 3.05) is 6.54 Å². The zero-order valence-corrected chi connectivity index (χ0v) is 14.8. The predicted molar refractivity (Wildman–Crippen MR) is 94.8 cm³/mol. The molecular weight excluding hydrogens is 336 g/mol. The van der Waals surface area contributed by atoms with E-state index in [9.17, 15) is 18.4 Å². The van der Waals surface area contributed by atoms with E-state index in [-0.39, 0.29) is 36.6 Å². The zero-order valence-electron chi connectivity index (χ0n) is 14.8. The average Bonchev–Trinajstić information content (AvgIpc) is 2.90. The number of halogens is 2. The third-order valence-electron chi connectivity index (χ3n) is 4.88. The lowest BCUT2D eigenvalue weighted by atomic mass is 9.83. The molecule has 3 rings (SSSR count). The summed E-state index contributed by atoms with van der Waals surface area (Å²) in [5.74, 6) is -3.20. The molecular formula is C21H21F2NO2. The molecule has 0 aromatic heterocycles. The Morgan fingerprint density at radius 3 is 2.31 bits per heavy atom. The molecule has 2 aromatic rings. The number of benzene rings is 2. The normalized spacial score (nSPS) is 19.5. The van der Waals surface area contributed by atoms with Crippen molar-refractivity contribution >= 4 is 11.7 Å². The lowest BCUT2D eigenvalue weighted by molar-refractivity contribution is -0.127. The molecule has 5 heteroatoms. The third kappa shape index (κ3) is 3.82. The van der Waals surface area contributed by atoms with Crippen molar-refractivity contribution in [1.82, 2.24) is 5.32 Å². The molecule has 1 N–H and O–H groups in total. The van der Waals surface area contributed by atoms with Crippen LogP contribution >= 0.6 is 0 Å². The van der Waals surface area contributed by atoms with Crippen LogP contribution in [0, 0.1) is 31.4 Å². The second kappa shape index (κ2) is 7.36. The standard InChI is InChI=1S/C21H21F2NO2/c1-12-3-5-14(6-4-12)9-15(25)10-16-17(11-24-21(16)26)20-18(22)7-13(2)8-19(20)23/h3-8,16-17H,9-11H2,1-2H3,(H,24,26)/t16?,17-/m1/s1. The van der Waals surface area contributed by atoms with Crippen LogP contribution in [0.25, 0.3) is 0 Å². The van der Waals surface area contributed by atoms with Gasteiger partial charge in [0.05, 0.1) is 5.92 Å². The predicted octanol–water partition coefficient (Wildman–Crippen LogP) is 3.61. The van der Waals surface area contributed by atoms with Gasteiger partial charge in [-0.1, -0.05) is 29.8 Å². The zero-order chi connectivity index (χ0) is 18.8. The van der Waals surface area contributed by atoms with E-state index in [1.165, 1.54) is 12.1 Å². The lowest BCUT2D eigenvalue weighted by Crippen LogP contribution is -2.23. The molecule has 1 saturated heterocycles. The van der Waals surface area contributed by atoms with Crippen molar-refractivity contribution in [2.24, 2.45) is 5.92 Å². The fourth-order valence-corrected chi connectivity index (χ4v) is 3.52. The van der Waals surface area contributed by atoms with Gasteiger partial charge in [0.25, 0.3) is 0 Å². The van der Waals surface area contributed by atoms with E-state index in [2.05, 4.69) is 5.32 Å². The van der Waals surface area contributed by atoms with Crippen LogP contribution in [0.2, 0.25) is 0 Å². The lowest BCUT2D eigenvalue weighted by Gasteiger charge is -2.18. The Morgan fingerprint density at radius 1 is 1.08 bits per heavy atom. The third-order valence-corrected chi connectivity index (χ3v) is 4.88. The monoisotopic (exact) mass is 357 g/mol. The van der Waals surface area contributed by atoms with Crippen molar-refractivity contribution in [1.29, 1.82) is 0 Å². The van der Waals surface area contributed by atoms with Crippen molar-refractivity contribution < 1.29 is 18.4 Å². The van der Waals surface area contributed by atoms with E-state index in [0.29, 0.717) is 5.56 Å². The Kier molecular flexibility index (Phi) is 5.16. The number of hydrogen-bond acceptors (Lipinski definition) is 2. The highest BCUT2D eigenvalue weighted by Crippen LogP contribution is 2.35. The van der Waals surface area contributed by atoms with Crippen molar-refractivity contribution in [3.8, 4) is 0 Å². The first kappa shape index (κ1) is 18.2. The van der Waals surface area contributed by atoms with Crippen molar-refractivity contribution in [2.45, 2.75) is 32.6 Å². The molecule has 1 heterocycles. The second-order valence-corrected chi connectivity index (χ2v) is 7.01. The number of aryl methyl sites for hydroxylation is 2. The fourth-order valence-electron chi connectivity index (χ4n) is 3.52. The Balaban J connectivity index is 1.78. The minimum absolute atomic E-state index is 0.0306. The van der Waals surface area contributed by atoms with E-state index in [0.717, 1.165) is 11.1 Å². The van der Waals surface area contributed by atoms with Gasteiger partial charge in [0.15, 0.2) is 0 Å². The van der Waals surface area contributed by atoms with Gasteiger partial charge < -0.3 is 5.32 Å². The summed E-state index contributed by atoms with van der Waals surface area (Å²) in [6.45, 7) is 3.71. The Morgan fingerprint density at radius 2 is 1.69 bits per heavy atom. The molecule has 2 aromatic carbocycles. The van der Waals surface area contributed by atoms with Gasteiger partial charge in [0, 0.05) is 30.9 Å². The van der Waals surface area contributed by atoms with Gasteiger partial charge in [0.2, 0.25) is 5.91 Å². The van der Waals surface area contributed by atoms with E-state index in [1.54, 1.807) is 6.92 Å². The molecule has 1 amide bonds. The summed E-state index contributed by atoms with van der Waals surface area (Å²) in [6.07, 6.45) is 0.173. The molecule has 1 aliphatic heterocycles. The van der Waals surface area contributed by atoms with Crippen molar-refractivity contribution in [3.05, 3.63) is 70.3 Å². The largest absolute Gasteiger partial charge is 0.355 e. The Bertz CT molecular complexity index is 823. The Labute approximate surface area is 151 Å². The first-order valence-corrected chi connectivity index (χ1v) is 8.65. The fraction of sp³-hybridized carbons (Fsp3) is 0.333. The topological polar surface area (TPSA) is 46.2 Å². The van der Waals surface area contributed by atoms with Gasteiger partial charge in [-0.15, -0.1) is 0 Å². The number of rotatable bonds is 5. The van der Waals surface area contributed by atoms with Gasteiger partial charge in [-0.25, -0.2) is 8.78 Å². The van der Waals surface area contributed by atoms with Crippen LogP contribution in [-0.4, -0.2) is 18.2 Å². The molecule has 1 fully saturated rings. The molecule has 0 aliphatic carbocycles. The van der Waals surface area contributed by atoms with Gasteiger partial charge >= 0.3 is 0 Å². The molecule has 1 aliphatic rings. The highest BCUT2D eigenvalue weighted by Gasteiger charge is 2.39. The molecule has 0 radical (unpaired) electrons. The number of carbonyl (C=O) groups is 2. The van der Waals surface area contributed by atoms with Crippen LogP contribution in [-0.2, 0) is 16.0 Å². The average molecular weight is 357 g/mol. The van der Waals surface area contributed by atoms with E-state index >= 15 is 0 Å². The molecule has 2 atom stereocenters. The molecule has 0 saturated carbocycles. The van der Waals surface area contributed by atoms with Crippen LogP contribution in [0.5, 0.6) is 0 Å². The maximum absolute atomic E-state index is 14.3. The molecule has 0 bridgehead atoms. The quantitative estimate of drug-likeness (QED) is 0.888. The summed E-state index contributed by atoms with van der Waals surface area (Å²) in [7, 11) is 0. The number of ketones is 1. The van der Waals surface area contributed by atoms with Crippen LogP contribution in [0.15, 0.2) is 36.4 Å². The van der Waals surface area contributed by atoms with E-state index < -0.39 is 23.5 Å².